The molecule has 2 aromatic heterocycles. The molecular weight excluding hydrogens is 308 g/mol. The Kier molecular flexibility index (Phi) is 5.34. The van der Waals surface area contributed by atoms with Crippen molar-refractivity contribution in [3.05, 3.63) is 10.5 Å². The van der Waals surface area contributed by atoms with E-state index < -0.39 is 0 Å². The topological polar surface area (TPSA) is 111 Å². The summed E-state index contributed by atoms with van der Waals surface area (Å²) in [5, 5.41) is 3.40. The average Bonchev–Trinajstić information content (AvgIpc) is 2.90. The van der Waals surface area contributed by atoms with E-state index >= 15 is 0 Å². The summed E-state index contributed by atoms with van der Waals surface area (Å²) in [4.78, 5) is 23.6. The van der Waals surface area contributed by atoms with Gasteiger partial charge in [0.2, 0.25) is 0 Å². The van der Waals surface area contributed by atoms with Crippen molar-refractivity contribution in [2.24, 2.45) is 5.92 Å². The maximum Gasteiger partial charge on any atom is 0.327 e. The van der Waals surface area contributed by atoms with Gasteiger partial charge in [-0.05, 0) is 44.7 Å². The van der Waals surface area contributed by atoms with Crippen LogP contribution in [0.3, 0.4) is 0 Å². The van der Waals surface area contributed by atoms with E-state index in [2.05, 4.69) is 27.2 Å². The predicted octanol–water partition coefficient (Wildman–Crippen LogP) is 1.27. The number of H-pyrrole nitrogens is 1. The average molecular weight is 334 g/mol. The molecule has 1 unspecified atom stereocenters. The lowest BCUT2D eigenvalue weighted by Gasteiger charge is -2.22. The van der Waals surface area contributed by atoms with Crippen molar-refractivity contribution in [3.8, 4) is 6.01 Å². The number of nitrogens with two attached hydrogens (primary N) is 1. The van der Waals surface area contributed by atoms with Crippen molar-refractivity contribution in [2.75, 3.05) is 25.4 Å². The molecule has 0 saturated carbocycles. The van der Waals surface area contributed by atoms with Crippen molar-refractivity contribution in [3.63, 3.8) is 0 Å². The fourth-order valence-corrected chi connectivity index (χ4v) is 3.09. The Bertz CT molecular complexity index is 732. The molecule has 0 spiro atoms. The van der Waals surface area contributed by atoms with Gasteiger partial charge in [-0.1, -0.05) is 13.3 Å². The molecule has 2 aromatic rings. The van der Waals surface area contributed by atoms with Crippen LogP contribution in [0.4, 0.5) is 5.82 Å². The van der Waals surface area contributed by atoms with Gasteiger partial charge >= 0.3 is 11.7 Å². The number of nitrogens with one attached hydrogen (secondary N) is 2. The molecule has 8 heteroatoms. The van der Waals surface area contributed by atoms with Gasteiger partial charge in [-0.3, -0.25) is 4.57 Å². The van der Waals surface area contributed by atoms with Crippen LogP contribution in [-0.4, -0.2) is 39.2 Å². The van der Waals surface area contributed by atoms with Crippen molar-refractivity contribution in [2.45, 2.75) is 45.6 Å². The number of aromatic nitrogens is 4. The van der Waals surface area contributed by atoms with Crippen LogP contribution in [-0.2, 0) is 6.54 Å². The van der Waals surface area contributed by atoms with E-state index in [-0.39, 0.29) is 17.5 Å². The van der Waals surface area contributed by atoms with Crippen LogP contribution in [0.5, 0.6) is 6.01 Å². The Morgan fingerprint density at radius 2 is 2.29 bits per heavy atom. The maximum absolute atomic E-state index is 12.3. The van der Waals surface area contributed by atoms with Gasteiger partial charge in [0.15, 0.2) is 11.5 Å². The summed E-state index contributed by atoms with van der Waals surface area (Å²) in [7, 11) is 0. The number of nitrogens with zero attached hydrogens (tertiary/aromatic N) is 3. The second-order valence-electron chi connectivity index (χ2n) is 6.37. The zero-order chi connectivity index (χ0) is 16.9. The molecule has 4 N–H and O–H groups in total. The lowest BCUT2D eigenvalue weighted by molar-refractivity contribution is 0.286. The molecule has 0 radical (unpaired) electrons. The number of imidazole rings is 1. The van der Waals surface area contributed by atoms with Crippen LogP contribution in [0.25, 0.3) is 11.2 Å². The summed E-state index contributed by atoms with van der Waals surface area (Å²) < 4.78 is 7.20. The minimum absolute atomic E-state index is 0.194. The maximum atomic E-state index is 12.3. The summed E-state index contributed by atoms with van der Waals surface area (Å²) in [6, 6.07) is 0.237. The number of hydrogen-bond acceptors (Lipinski definition) is 6. The Balaban J connectivity index is 1.80. The molecule has 0 amide bonds. The molecule has 0 aromatic carbocycles. The third-order valence-corrected chi connectivity index (χ3v) is 4.52. The van der Waals surface area contributed by atoms with Crippen molar-refractivity contribution in [1.29, 1.82) is 0 Å². The number of nitrogen functional groups attached to an aromatic ring is 1. The number of hydrogen-bond donors (Lipinski definition) is 3. The Hall–Kier alpha value is -2.09. The van der Waals surface area contributed by atoms with Crippen LogP contribution in [0.2, 0.25) is 0 Å². The highest BCUT2D eigenvalue weighted by Gasteiger charge is 2.17. The molecule has 132 valence electrons. The van der Waals surface area contributed by atoms with Crippen LogP contribution < -0.4 is 21.5 Å². The Morgan fingerprint density at radius 1 is 1.42 bits per heavy atom. The first kappa shape index (κ1) is 16.8. The first-order chi connectivity index (χ1) is 11.7. The van der Waals surface area contributed by atoms with E-state index in [0.29, 0.717) is 30.2 Å². The molecule has 1 aliphatic heterocycles. The highest BCUT2D eigenvalue weighted by Crippen LogP contribution is 2.20. The minimum atomic E-state index is -0.194. The van der Waals surface area contributed by atoms with Gasteiger partial charge in [0, 0.05) is 6.54 Å². The second kappa shape index (κ2) is 7.65. The van der Waals surface area contributed by atoms with E-state index in [9.17, 15) is 4.79 Å². The minimum Gasteiger partial charge on any atom is -0.463 e. The molecule has 1 aliphatic rings. The summed E-state index contributed by atoms with van der Waals surface area (Å²) in [6.07, 6.45) is 5.29. The largest absolute Gasteiger partial charge is 0.463 e. The van der Waals surface area contributed by atoms with Gasteiger partial charge in [-0.2, -0.15) is 9.97 Å². The molecule has 0 bridgehead atoms. The summed E-state index contributed by atoms with van der Waals surface area (Å²) in [6.45, 7) is 5.36. The van der Waals surface area contributed by atoms with Gasteiger partial charge < -0.3 is 20.8 Å². The summed E-state index contributed by atoms with van der Waals surface area (Å²) in [5.74, 6) is 0.844. The predicted molar refractivity (Wildman–Crippen MR) is 93.2 cm³/mol. The molecule has 8 nitrogen and oxygen atoms in total. The lowest BCUT2D eigenvalue weighted by atomic mass is 9.96. The molecule has 3 heterocycles. The van der Waals surface area contributed by atoms with Crippen LogP contribution in [0.15, 0.2) is 4.79 Å². The van der Waals surface area contributed by atoms with Gasteiger partial charge in [0.1, 0.15) is 5.52 Å². The number of rotatable bonds is 7. The highest BCUT2D eigenvalue weighted by atomic mass is 16.5. The molecular formula is C16H26N6O2. The number of piperidine rings is 1. The number of aromatic amines is 1. The van der Waals surface area contributed by atoms with Gasteiger partial charge in [0.05, 0.1) is 6.61 Å². The van der Waals surface area contributed by atoms with E-state index in [1.807, 2.05) is 0 Å². The van der Waals surface area contributed by atoms with Gasteiger partial charge in [-0.25, -0.2) is 4.79 Å². The van der Waals surface area contributed by atoms with E-state index in [1.165, 1.54) is 12.8 Å². The smallest absolute Gasteiger partial charge is 0.327 e. The molecule has 1 atom stereocenters. The van der Waals surface area contributed by atoms with Gasteiger partial charge in [-0.15, -0.1) is 0 Å². The normalized spacial score (nSPS) is 18.1. The fourth-order valence-electron chi connectivity index (χ4n) is 3.09. The van der Waals surface area contributed by atoms with E-state index in [1.54, 1.807) is 4.57 Å². The third-order valence-electron chi connectivity index (χ3n) is 4.52. The number of unbranched alkanes of at least 4 members (excludes halogenated alkanes) is 1. The van der Waals surface area contributed by atoms with E-state index in [4.69, 9.17) is 10.5 Å². The van der Waals surface area contributed by atoms with Crippen molar-refractivity contribution < 1.29 is 4.74 Å². The Morgan fingerprint density at radius 3 is 3.04 bits per heavy atom. The number of anilines is 1. The first-order valence-electron chi connectivity index (χ1n) is 8.78. The zero-order valence-corrected chi connectivity index (χ0v) is 14.2. The van der Waals surface area contributed by atoms with E-state index in [0.717, 1.165) is 32.4 Å². The van der Waals surface area contributed by atoms with Crippen molar-refractivity contribution in [1.82, 2.24) is 24.8 Å². The monoisotopic (exact) mass is 334 g/mol. The standard InChI is InChI=1S/C16H26N6O2/c1-2-3-9-24-15-20-13(17)12-14(21-15)22(16(23)19-12)8-6-11-5-4-7-18-10-11/h11,18H,2-10H2,1H3,(H,19,23)(H2,17,20,21). The Labute approximate surface area is 140 Å². The second-order valence-corrected chi connectivity index (χ2v) is 6.37. The number of ether oxygens (including phenoxy) is 1. The fraction of sp³-hybridized carbons (Fsp3) is 0.688. The first-order valence-corrected chi connectivity index (χ1v) is 8.78. The van der Waals surface area contributed by atoms with Gasteiger partial charge in [0.25, 0.3) is 0 Å². The molecule has 3 rings (SSSR count). The summed E-state index contributed by atoms with van der Waals surface area (Å²) >= 11 is 0. The molecule has 1 saturated heterocycles. The van der Waals surface area contributed by atoms with Crippen LogP contribution in [0, 0.1) is 5.92 Å². The lowest BCUT2D eigenvalue weighted by Crippen LogP contribution is -2.31. The summed E-state index contributed by atoms with van der Waals surface area (Å²) in [5.41, 5.74) is 6.78. The quantitative estimate of drug-likeness (QED) is 0.658. The highest BCUT2D eigenvalue weighted by molar-refractivity contribution is 5.81. The number of aryl methyl sites for hydroxylation is 1. The molecule has 0 aliphatic carbocycles. The third kappa shape index (κ3) is 3.69. The SMILES string of the molecule is CCCCOc1nc(N)c2[nH]c(=O)n(CCC3CCCNC3)c2n1. The van der Waals surface area contributed by atoms with Crippen LogP contribution >= 0.6 is 0 Å². The molecule has 1 fully saturated rings. The number of fused-ring (bicyclic) bond motifs is 1. The van der Waals surface area contributed by atoms with Crippen molar-refractivity contribution >= 4 is 17.0 Å². The van der Waals surface area contributed by atoms with Crippen LogP contribution in [0.1, 0.15) is 39.0 Å². The molecule has 24 heavy (non-hydrogen) atoms. The zero-order valence-electron chi connectivity index (χ0n) is 14.2.